The molecule has 0 N–H and O–H groups in total. The standard InChI is InChI=1S/C45H86O6/c1-6-8-9-10-11-12-16-19-25-30-35-43(46)49-38-42(51-45(48)37-32-27-22-21-23-28-33-40(3)4)39-50-44(47)36-31-26-20-17-14-13-15-18-24-29-34-41(5)7-2/h40-42H,6-39H2,1-5H3/t41?,42-/m1/s1. The van der Waals surface area contributed by atoms with Gasteiger partial charge in [-0.1, -0.05) is 202 Å². The summed E-state index contributed by atoms with van der Waals surface area (Å²) in [5, 5.41) is 0. The summed E-state index contributed by atoms with van der Waals surface area (Å²) in [5.74, 6) is 0.763. The van der Waals surface area contributed by atoms with Crippen molar-refractivity contribution in [3.8, 4) is 0 Å². The highest BCUT2D eigenvalue weighted by atomic mass is 16.6. The van der Waals surface area contributed by atoms with Crippen molar-refractivity contribution in [3.63, 3.8) is 0 Å². The van der Waals surface area contributed by atoms with E-state index in [1.54, 1.807) is 0 Å². The lowest BCUT2D eigenvalue weighted by Crippen LogP contribution is -2.30. The van der Waals surface area contributed by atoms with Crippen LogP contribution < -0.4 is 0 Å². The van der Waals surface area contributed by atoms with E-state index in [0.29, 0.717) is 19.3 Å². The van der Waals surface area contributed by atoms with Gasteiger partial charge in [-0.25, -0.2) is 0 Å². The number of unbranched alkanes of at least 4 members (excludes halogenated alkanes) is 23. The van der Waals surface area contributed by atoms with Crippen LogP contribution in [0.25, 0.3) is 0 Å². The Morgan fingerprint density at radius 2 is 0.745 bits per heavy atom. The molecule has 1 unspecified atom stereocenters. The molecule has 0 bridgehead atoms. The minimum absolute atomic E-state index is 0.0661. The summed E-state index contributed by atoms with van der Waals surface area (Å²) in [6, 6.07) is 0. The van der Waals surface area contributed by atoms with Gasteiger partial charge in [0.2, 0.25) is 0 Å². The van der Waals surface area contributed by atoms with Crippen molar-refractivity contribution in [1.82, 2.24) is 0 Å². The van der Waals surface area contributed by atoms with Crippen LogP contribution in [0.1, 0.15) is 240 Å². The molecule has 0 rings (SSSR count). The third-order valence-corrected chi connectivity index (χ3v) is 10.3. The normalized spacial score (nSPS) is 12.6. The van der Waals surface area contributed by atoms with Crippen LogP contribution in [-0.4, -0.2) is 37.2 Å². The fourth-order valence-electron chi connectivity index (χ4n) is 6.54. The average Bonchev–Trinajstić information content (AvgIpc) is 3.11. The Bertz CT molecular complexity index is 781. The Kier molecular flexibility index (Phi) is 37.0. The Morgan fingerprint density at radius 1 is 0.412 bits per heavy atom. The molecule has 0 aliphatic rings. The third kappa shape index (κ3) is 38.0. The van der Waals surface area contributed by atoms with E-state index in [2.05, 4.69) is 34.6 Å². The van der Waals surface area contributed by atoms with Gasteiger partial charge < -0.3 is 14.2 Å². The molecule has 51 heavy (non-hydrogen) atoms. The second kappa shape index (κ2) is 38.1. The molecule has 2 atom stereocenters. The van der Waals surface area contributed by atoms with Crippen LogP contribution in [-0.2, 0) is 28.6 Å². The number of esters is 3. The van der Waals surface area contributed by atoms with Crippen molar-refractivity contribution in [1.29, 1.82) is 0 Å². The van der Waals surface area contributed by atoms with Crippen molar-refractivity contribution < 1.29 is 28.6 Å². The number of carbonyl (C=O) groups excluding carboxylic acids is 3. The first-order valence-electron chi connectivity index (χ1n) is 22.3. The summed E-state index contributed by atoms with van der Waals surface area (Å²) in [4.78, 5) is 37.6. The van der Waals surface area contributed by atoms with Gasteiger partial charge in [0.25, 0.3) is 0 Å². The van der Waals surface area contributed by atoms with E-state index in [-0.39, 0.29) is 31.1 Å². The summed E-state index contributed by atoms with van der Waals surface area (Å²) in [5.41, 5.74) is 0. The SMILES string of the molecule is CCCCCCCCCCCCC(=O)OC[C@H](COC(=O)CCCCCCCCCCCCC(C)CC)OC(=O)CCCCCCCCC(C)C. The topological polar surface area (TPSA) is 78.9 Å². The molecule has 0 fully saturated rings. The zero-order chi connectivity index (χ0) is 37.6. The minimum Gasteiger partial charge on any atom is -0.462 e. The molecule has 0 aromatic carbocycles. The highest BCUT2D eigenvalue weighted by Gasteiger charge is 2.19. The molecular formula is C45H86O6. The van der Waals surface area contributed by atoms with E-state index in [1.807, 2.05) is 0 Å². The molecule has 0 saturated carbocycles. The van der Waals surface area contributed by atoms with Crippen molar-refractivity contribution in [2.45, 2.75) is 246 Å². The molecule has 0 aliphatic heterocycles. The van der Waals surface area contributed by atoms with E-state index in [1.165, 1.54) is 128 Å². The number of hydrogen-bond donors (Lipinski definition) is 0. The van der Waals surface area contributed by atoms with Gasteiger partial charge in [-0.15, -0.1) is 0 Å². The molecular weight excluding hydrogens is 636 g/mol. The summed E-state index contributed by atoms with van der Waals surface area (Å²) in [6.07, 6.45) is 35.2. The van der Waals surface area contributed by atoms with Crippen molar-refractivity contribution >= 4 is 17.9 Å². The molecule has 0 amide bonds. The second-order valence-electron chi connectivity index (χ2n) is 16.1. The molecule has 0 aromatic rings. The van der Waals surface area contributed by atoms with Crippen LogP contribution in [0.15, 0.2) is 0 Å². The molecule has 0 aliphatic carbocycles. The van der Waals surface area contributed by atoms with Crippen LogP contribution in [0.5, 0.6) is 0 Å². The molecule has 6 heteroatoms. The van der Waals surface area contributed by atoms with Crippen molar-refractivity contribution in [2.24, 2.45) is 11.8 Å². The maximum absolute atomic E-state index is 12.6. The number of hydrogen-bond acceptors (Lipinski definition) is 6. The first-order valence-corrected chi connectivity index (χ1v) is 22.3. The van der Waals surface area contributed by atoms with Gasteiger partial charge in [-0.2, -0.15) is 0 Å². The van der Waals surface area contributed by atoms with E-state index in [9.17, 15) is 14.4 Å². The third-order valence-electron chi connectivity index (χ3n) is 10.3. The maximum Gasteiger partial charge on any atom is 0.306 e. The molecule has 0 aromatic heterocycles. The zero-order valence-corrected chi connectivity index (χ0v) is 34.7. The Morgan fingerprint density at radius 3 is 1.12 bits per heavy atom. The van der Waals surface area contributed by atoms with Crippen LogP contribution >= 0.6 is 0 Å². The largest absolute Gasteiger partial charge is 0.462 e. The number of carbonyl (C=O) groups is 3. The van der Waals surface area contributed by atoms with Gasteiger partial charge in [-0.05, 0) is 31.1 Å². The molecule has 302 valence electrons. The van der Waals surface area contributed by atoms with Crippen LogP contribution in [0.2, 0.25) is 0 Å². The Hall–Kier alpha value is -1.59. The second-order valence-corrected chi connectivity index (χ2v) is 16.1. The molecule has 0 radical (unpaired) electrons. The number of rotatable bonds is 39. The van der Waals surface area contributed by atoms with Crippen LogP contribution in [0.3, 0.4) is 0 Å². The van der Waals surface area contributed by atoms with Gasteiger partial charge in [0.05, 0.1) is 0 Å². The van der Waals surface area contributed by atoms with Gasteiger partial charge >= 0.3 is 17.9 Å². The van der Waals surface area contributed by atoms with Gasteiger partial charge in [0.1, 0.15) is 13.2 Å². The highest BCUT2D eigenvalue weighted by molar-refractivity contribution is 5.71. The van der Waals surface area contributed by atoms with E-state index >= 15 is 0 Å². The summed E-state index contributed by atoms with van der Waals surface area (Å²) in [7, 11) is 0. The Labute approximate surface area is 317 Å². The summed E-state index contributed by atoms with van der Waals surface area (Å²) >= 11 is 0. The van der Waals surface area contributed by atoms with Crippen molar-refractivity contribution in [3.05, 3.63) is 0 Å². The lowest BCUT2D eigenvalue weighted by atomic mass is 9.99. The lowest BCUT2D eigenvalue weighted by Gasteiger charge is -2.18. The zero-order valence-electron chi connectivity index (χ0n) is 34.7. The molecule has 0 heterocycles. The first-order chi connectivity index (χ1) is 24.8. The predicted molar refractivity (Wildman–Crippen MR) is 215 cm³/mol. The van der Waals surface area contributed by atoms with Crippen LogP contribution in [0.4, 0.5) is 0 Å². The lowest BCUT2D eigenvalue weighted by molar-refractivity contribution is -0.167. The van der Waals surface area contributed by atoms with E-state index in [0.717, 1.165) is 69.6 Å². The van der Waals surface area contributed by atoms with Crippen molar-refractivity contribution in [2.75, 3.05) is 13.2 Å². The Balaban J connectivity index is 4.31. The fourth-order valence-corrected chi connectivity index (χ4v) is 6.54. The molecule has 0 spiro atoms. The van der Waals surface area contributed by atoms with Gasteiger partial charge in [-0.3, -0.25) is 14.4 Å². The molecule has 0 saturated heterocycles. The molecule has 6 nitrogen and oxygen atoms in total. The summed E-state index contributed by atoms with van der Waals surface area (Å²) in [6.45, 7) is 11.3. The van der Waals surface area contributed by atoms with E-state index < -0.39 is 6.10 Å². The quantitative estimate of drug-likeness (QED) is 0.0357. The highest BCUT2D eigenvalue weighted by Crippen LogP contribution is 2.17. The predicted octanol–water partition coefficient (Wildman–Crippen LogP) is 13.8. The van der Waals surface area contributed by atoms with E-state index in [4.69, 9.17) is 14.2 Å². The number of ether oxygens (including phenoxy) is 3. The van der Waals surface area contributed by atoms with Gasteiger partial charge in [0.15, 0.2) is 6.10 Å². The smallest absolute Gasteiger partial charge is 0.306 e. The maximum atomic E-state index is 12.6. The van der Waals surface area contributed by atoms with Gasteiger partial charge in [0, 0.05) is 19.3 Å². The summed E-state index contributed by atoms with van der Waals surface area (Å²) < 4.78 is 16.7. The monoisotopic (exact) mass is 723 g/mol. The average molecular weight is 723 g/mol. The van der Waals surface area contributed by atoms with Crippen LogP contribution in [0, 0.1) is 11.8 Å². The first kappa shape index (κ1) is 49.4. The fraction of sp³-hybridized carbons (Fsp3) is 0.933. The minimum atomic E-state index is -0.760.